The SMILES string of the molecule is CN(Cc1cnc(-c2ccccn2)nc1)[C@H]1COC[C@@H]1O. The molecule has 6 nitrogen and oxygen atoms in total. The Labute approximate surface area is 123 Å². The molecule has 1 aliphatic rings. The van der Waals surface area contributed by atoms with Crippen molar-refractivity contribution in [2.75, 3.05) is 20.3 Å². The van der Waals surface area contributed by atoms with Crippen LogP contribution in [0.3, 0.4) is 0 Å². The van der Waals surface area contributed by atoms with Crippen molar-refractivity contribution in [1.82, 2.24) is 19.9 Å². The summed E-state index contributed by atoms with van der Waals surface area (Å²) in [6.07, 6.45) is 4.90. The third-order valence-electron chi connectivity index (χ3n) is 3.62. The summed E-state index contributed by atoms with van der Waals surface area (Å²) in [7, 11) is 1.97. The number of rotatable bonds is 4. The quantitative estimate of drug-likeness (QED) is 0.893. The lowest BCUT2D eigenvalue weighted by Crippen LogP contribution is -2.39. The van der Waals surface area contributed by atoms with Gasteiger partial charge in [0.2, 0.25) is 0 Å². The fourth-order valence-electron chi connectivity index (χ4n) is 2.42. The lowest BCUT2D eigenvalue weighted by atomic mass is 10.2. The van der Waals surface area contributed by atoms with Gasteiger partial charge in [-0.1, -0.05) is 6.07 Å². The summed E-state index contributed by atoms with van der Waals surface area (Å²) in [5.41, 5.74) is 1.76. The molecule has 0 saturated carbocycles. The number of hydrogen-bond acceptors (Lipinski definition) is 6. The summed E-state index contributed by atoms with van der Waals surface area (Å²) >= 11 is 0. The van der Waals surface area contributed by atoms with Crippen LogP contribution in [0.4, 0.5) is 0 Å². The first-order valence-corrected chi connectivity index (χ1v) is 6.92. The number of ether oxygens (including phenoxy) is 1. The normalized spacial score (nSPS) is 21.9. The third-order valence-corrected chi connectivity index (χ3v) is 3.62. The molecular formula is C15H18N4O2. The smallest absolute Gasteiger partial charge is 0.178 e. The van der Waals surface area contributed by atoms with Crippen LogP contribution in [0.5, 0.6) is 0 Å². The Morgan fingerprint density at radius 3 is 2.67 bits per heavy atom. The molecule has 1 saturated heterocycles. The van der Waals surface area contributed by atoms with Crippen molar-refractivity contribution in [1.29, 1.82) is 0 Å². The number of aliphatic hydroxyl groups is 1. The molecule has 1 N–H and O–H groups in total. The Balaban J connectivity index is 1.67. The molecule has 3 heterocycles. The van der Waals surface area contributed by atoms with Crippen molar-refractivity contribution in [2.24, 2.45) is 0 Å². The molecule has 3 rings (SSSR count). The lowest BCUT2D eigenvalue weighted by Gasteiger charge is -2.25. The Morgan fingerprint density at radius 1 is 1.24 bits per heavy atom. The van der Waals surface area contributed by atoms with Gasteiger partial charge in [-0.3, -0.25) is 9.88 Å². The predicted molar refractivity (Wildman–Crippen MR) is 77.3 cm³/mol. The van der Waals surface area contributed by atoms with E-state index in [2.05, 4.69) is 19.9 Å². The molecule has 21 heavy (non-hydrogen) atoms. The number of aromatic nitrogens is 3. The van der Waals surface area contributed by atoms with Crippen molar-refractivity contribution in [3.63, 3.8) is 0 Å². The second kappa shape index (κ2) is 6.26. The zero-order valence-electron chi connectivity index (χ0n) is 11.9. The molecule has 0 unspecified atom stereocenters. The van der Waals surface area contributed by atoms with Crippen LogP contribution in [0.25, 0.3) is 11.5 Å². The van der Waals surface area contributed by atoms with Crippen LogP contribution >= 0.6 is 0 Å². The van der Waals surface area contributed by atoms with Gasteiger partial charge in [-0.2, -0.15) is 0 Å². The van der Waals surface area contributed by atoms with E-state index in [1.807, 2.05) is 25.2 Å². The van der Waals surface area contributed by atoms with Crippen LogP contribution in [0.1, 0.15) is 5.56 Å². The van der Waals surface area contributed by atoms with Crippen LogP contribution < -0.4 is 0 Å². The molecule has 0 radical (unpaired) electrons. The van der Waals surface area contributed by atoms with Gasteiger partial charge in [0.25, 0.3) is 0 Å². The minimum Gasteiger partial charge on any atom is -0.389 e. The van der Waals surface area contributed by atoms with E-state index in [1.165, 1.54) is 0 Å². The van der Waals surface area contributed by atoms with Crippen molar-refractivity contribution in [3.05, 3.63) is 42.4 Å². The number of hydrogen-bond donors (Lipinski definition) is 1. The fourth-order valence-corrected chi connectivity index (χ4v) is 2.42. The summed E-state index contributed by atoms with van der Waals surface area (Å²) < 4.78 is 5.27. The molecule has 0 spiro atoms. The third kappa shape index (κ3) is 3.24. The van der Waals surface area contributed by atoms with E-state index >= 15 is 0 Å². The van der Waals surface area contributed by atoms with Gasteiger partial charge in [0.1, 0.15) is 5.69 Å². The van der Waals surface area contributed by atoms with Crippen molar-refractivity contribution in [2.45, 2.75) is 18.7 Å². The summed E-state index contributed by atoms with van der Waals surface area (Å²) in [6, 6.07) is 5.68. The molecule has 2 atom stereocenters. The molecule has 110 valence electrons. The van der Waals surface area contributed by atoms with Crippen molar-refractivity contribution < 1.29 is 9.84 Å². The number of nitrogens with zero attached hydrogens (tertiary/aromatic N) is 4. The molecule has 2 aromatic heterocycles. The Hall–Kier alpha value is -1.89. The van der Waals surface area contributed by atoms with E-state index < -0.39 is 6.10 Å². The lowest BCUT2D eigenvalue weighted by molar-refractivity contribution is 0.0924. The predicted octanol–water partition coefficient (Wildman–Crippen LogP) is 0.730. The molecule has 0 amide bonds. The minimum atomic E-state index is -0.427. The average Bonchev–Trinajstić information content (AvgIpc) is 2.95. The first-order valence-electron chi connectivity index (χ1n) is 6.92. The second-order valence-electron chi connectivity index (χ2n) is 5.22. The molecule has 0 aromatic carbocycles. The maximum Gasteiger partial charge on any atom is 0.178 e. The zero-order chi connectivity index (χ0) is 14.7. The summed E-state index contributed by atoms with van der Waals surface area (Å²) in [5.74, 6) is 0.617. The van der Waals surface area contributed by atoms with E-state index in [9.17, 15) is 5.11 Å². The zero-order valence-corrected chi connectivity index (χ0v) is 11.9. The van der Waals surface area contributed by atoms with E-state index in [4.69, 9.17) is 4.74 Å². The molecule has 2 aromatic rings. The monoisotopic (exact) mass is 286 g/mol. The van der Waals surface area contributed by atoms with Crippen LogP contribution in [-0.2, 0) is 11.3 Å². The first-order chi connectivity index (χ1) is 10.2. The largest absolute Gasteiger partial charge is 0.389 e. The summed E-state index contributed by atoms with van der Waals surface area (Å²) in [5, 5.41) is 9.82. The van der Waals surface area contributed by atoms with Crippen LogP contribution in [0.2, 0.25) is 0 Å². The maximum atomic E-state index is 9.82. The molecule has 6 heteroatoms. The highest BCUT2D eigenvalue weighted by Gasteiger charge is 2.29. The fraction of sp³-hybridized carbons (Fsp3) is 0.400. The minimum absolute atomic E-state index is 0.0282. The van der Waals surface area contributed by atoms with Gasteiger partial charge in [-0.25, -0.2) is 9.97 Å². The highest BCUT2D eigenvalue weighted by atomic mass is 16.5. The molecular weight excluding hydrogens is 268 g/mol. The van der Waals surface area contributed by atoms with Crippen molar-refractivity contribution in [3.8, 4) is 11.5 Å². The maximum absolute atomic E-state index is 9.82. The molecule has 0 bridgehead atoms. The Morgan fingerprint density at radius 2 is 2.05 bits per heavy atom. The topological polar surface area (TPSA) is 71.4 Å². The van der Waals surface area contributed by atoms with E-state index in [1.54, 1.807) is 18.6 Å². The highest BCUT2D eigenvalue weighted by molar-refractivity contribution is 5.47. The van der Waals surface area contributed by atoms with Crippen LogP contribution in [0.15, 0.2) is 36.8 Å². The first kappa shape index (κ1) is 14.1. The number of likely N-dealkylation sites (N-methyl/N-ethyl adjacent to an activating group) is 1. The van der Waals surface area contributed by atoms with Gasteiger partial charge < -0.3 is 9.84 Å². The molecule has 1 aliphatic heterocycles. The van der Waals surface area contributed by atoms with Gasteiger partial charge in [-0.05, 0) is 19.2 Å². The molecule has 1 fully saturated rings. The van der Waals surface area contributed by atoms with Gasteiger partial charge in [0.15, 0.2) is 5.82 Å². The number of pyridine rings is 1. The van der Waals surface area contributed by atoms with Crippen molar-refractivity contribution >= 4 is 0 Å². The number of aliphatic hydroxyl groups excluding tert-OH is 1. The standard InChI is InChI=1S/C15H18N4O2/c1-19(13-9-21-10-14(13)20)8-11-6-17-15(18-7-11)12-4-2-3-5-16-12/h2-7,13-14,20H,8-10H2,1H3/t13-,14-/m0/s1. The summed E-state index contributed by atoms with van der Waals surface area (Å²) in [6.45, 7) is 1.64. The van der Waals surface area contributed by atoms with Gasteiger partial charge >= 0.3 is 0 Å². The molecule has 0 aliphatic carbocycles. The Kier molecular flexibility index (Phi) is 4.19. The summed E-state index contributed by atoms with van der Waals surface area (Å²) in [4.78, 5) is 15.0. The van der Waals surface area contributed by atoms with Gasteiger partial charge in [0.05, 0.1) is 25.4 Å². The van der Waals surface area contributed by atoms with Gasteiger partial charge in [0, 0.05) is 30.7 Å². The Bertz CT molecular complexity index is 576. The van der Waals surface area contributed by atoms with E-state index in [-0.39, 0.29) is 6.04 Å². The van der Waals surface area contributed by atoms with Crippen LogP contribution in [-0.4, -0.2) is 57.4 Å². The second-order valence-corrected chi connectivity index (χ2v) is 5.22. The van der Waals surface area contributed by atoms with Crippen LogP contribution in [0, 0.1) is 0 Å². The highest BCUT2D eigenvalue weighted by Crippen LogP contribution is 2.15. The average molecular weight is 286 g/mol. The van der Waals surface area contributed by atoms with E-state index in [0.29, 0.717) is 25.6 Å². The van der Waals surface area contributed by atoms with E-state index in [0.717, 1.165) is 11.3 Å². The van der Waals surface area contributed by atoms with Gasteiger partial charge in [-0.15, -0.1) is 0 Å².